The Morgan fingerprint density at radius 1 is 0.870 bits per heavy atom. The van der Waals surface area contributed by atoms with Crippen molar-refractivity contribution in [1.29, 1.82) is 5.26 Å². The average molecular weight is 612 g/mol. The molecular weight excluding hydrogens is 581 g/mol. The first-order valence-electron chi connectivity index (χ1n) is 15.0. The molecular formula is C34H30FN11. The Labute approximate surface area is 264 Å². The van der Waals surface area contributed by atoms with Crippen molar-refractivity contribution in [3.63, 3.8) is 0 Å². The van der Waals surface area contributed by atoms with Gasteiger partial charge in [-0.2, -0.15) is 5.26 Å². The predicted molar refractivity (Wildman–Crippen MR) is 173 cm³/mol. The van der Waals surface area contributed by atoms with E-state index < -0.39 is 6.67 Å². The molecule has 0 aliphatic carbocycles. The number of hydrogen-bond acceptors (Lipinski definition) is 10. The SMILES string of the molecule is N#Cc1nccc(NC2CCN(Cc3ccc(-n4c(-c5cccnc5N)nc5ccc(-c6ccc(CF)cn6)nc54)cc3)CC2)n1. The summed E-state index contributed by atoms with van der Waals surface area (Å²) in [7, 11) is 0. The summed E-state index contributed by atoms with van der Waals surface area (Å²) in [6.07, 6.45) is 6.74. The van der Waals surface area contributed by atoms with Crippen LogP contribution < -0.4 is 11.1 Å². The molecule has 11 nitrogen and oxygen atoms in total. The molecule has 0 bridgehead atoms. The number of nitrogens with zero attached hydrogens (tertiary/aromatic N) is 9. The van der Waals surface area contributed by atoms with Crippen LogP contribution in [0.5, 0.6) is 0 Å². The van der Waals surface area contributed by atoms with Crippen molar-refractivity contribution in [3.05, 3.63) is 102 Å². The number of aromatic nitrogens is 7. The Kier molecular flexibility index (Phi) is 7.97. The van der Waals surface area contributed by atoms with Gasteiger partial charge in [0.05, 0.1) is 17.0 Å². The molecule has 3 N–H and O–H groups in total. The zero-order chi connectivity index (χ0) is 31.5. The van der Waals surface area contributed by atoms with E-state index in [9.17, 15) is 4.39 Å². The number of rotatable bonds is 8. The molecule has 12 heteroatoms. The van der Waals surface area contributed by atoms with E-state index in [-0.39, 0.29) is 5.82 Å². The fourth-order valence-corrected chi connectivity index (χ4v) is 5.73. The number of piperidine rings is 1. The number of anilines is 2. The summed E-state index contributed by atoms with van der Waals surface area (Å²) in [6, 6.07) is 23.5. The number of fused-ring (bicyclic) bond motifs is 1. The number of nitrogen functional groups attached to an aromatic ring is 1. The summed E-state index contributed by atoms with van der Waals surface area (Å²) < 4.78 is 15.1. The molecule has 1 aliphatic heterocycles. The molecule has 6 heterocycles. The van der Waals surface area contributed by atoms with Gasteiger partial charge in [0.15, 0.2) is 11.5 Å². The molecule has 5 aromatic heterocycles. The molecule has 1 aromatic carbocycles. The van der Waals surface area contributed by atoms with Gasteiger partial charge in [-0.25, -0.2) is 29.3 Å². The van der Waals surface area contributed by atoms with Crippen LogP contribution in [0.4, 0.5) is 16.0 Å². The quantitative estimate of drug-likeness (QED) is 0.231. The minimum atomic E-state index is -0.567. The van der Waals surface area contributed by atoms with Crippen LogP contribution in [-0.2, 0) is 13.2 Å². The minimum absolute atomic E-state index is 0.170. The molecule has 0 radical (unpaired) electrons. The summed E-state index contributed by atoms with van der Waals surface area (Å²) >= 11 is 0. The second-order valence-electron chi connectivity index (χ2n) is 11.2. The lowest BCUT2D eigenvalue weighted by molar-refractivity contribution is 0.211. The van der Waals surface area contributed by atoms with E-state index in [1.54, 1.807) is 30.6 Å². The maximum atomic E-state index is 13.1. The summed E-state index contributed by atoms with van der Waals surface area (Å²) in [4.78, 5) is 29.2. The van der Waals surface area contributed by atoms with Gasteiger partial charge in [0.1, 0.15) is 29.9 Å². The molecule has 1 saturated heterocycles. The van der Waals surface area contributed by atoms with Crippen LogP contribution in [-0.4, -0.2) is 58.5 Å². The number of halogens is 1. The second-order valence-corrected chi connectivity index (χ2v) is 11.2. The van der Waals surface area contributed by atoms with Gasteiger partial charge < -0.3 is 11.1 Å². The topological polar surface area (TPSA) is 147 Å². The van der Waals surface area contributed by atoms with Gasteiger partial charge in [0.25, 0.3) is 0 Å². The molecule has 228 valence electrons. The average Bonchev–Trinajstić information content (AvgIpc) is 3.48. The van der Waals surface area contributed by atoms with Crippen LogP contribution in [0.15, 0.2) is 85.3 Å². The van der Waals surface area contributed by atoms with Crippen LogP contribution in [0.2, 0.25) is 0 Å². The number of nitrogens with one attached hydrogen (secondary N) is 1. The molecule has 0 atom stereocenters. The number of benzene rings is 1. The number of pyridine rings is 3. The monoisotopic (exact) mass is 611 g/mol. The van der Waals surface area contributed by atoms with E-state index >= 15 is 0 Å². The third-order valence-corrected chi connectivity index (χ3v) is 8.12. The van der Waals surface area contributed by atoms with Gasteiger partial charge in [-0.05, 0) is 66.9 Å². The van der Waals surface area contributed by atoms with E-state index in [0.29, 0.717) is 57.2 Å². The van der Waals surface area contributed by atoms with Gasteiger partial charge in [-0.1, -0.05) is 18.2 Å². The molecule has 0 amide bonds. The Balaban J connectivity index is 1.13. The highest BCUT2D eigenvalue weighted by molar-refractivity contribution is 5.84. The van der Waals surface area contributed by atoms with Crippen LogP contribution in [0.25, 0.3) is 39.6 Å². The maximum absolute atomic E-state index is 13.1. The number of alkyl halides is 1. The van der Waals surface area contributed by atoms with Crippen molar-refractivity contribution in [2.75, 3.05) is 24.1 Å². The largest absolute Gasteiger partial charge is 0.383 e. The third kappa shape index (κ3) is 5.96. The van der Waals surface area contributed by atoms with E-state index in [1.807, 2.05) is 34.9 Å². The molecule has 0 spiro atoms. The second kappa shape index (κ2) is 12.7. The van der Waals surface area contributed by atoms with Crippen molar-refractivity contribution in [2.24, 2.45) is 0 Å². The van der Waals surface area contributed by atoms with Crippen LogP contribution in [0.3, 0.4) is 0 Å². The highest BCUT2D eigenvalue weighted by Crippen LogP contribution is 2.32. The van der Waals surface area contributed by atoms with Gasteiger partial charge in [0.2, 0.25) is 5.82 Å². The lowest BCUT2D eigenvalue weighted by Gasteiger charge is -2.32. The Morgan fingerprint density at radius 3 is 2.41 bits per heavy atom. The van der Waals surface area contributed by atoms with Crippen molar-refractivity contribution in [1.82, 2.24) is 39.4 Å². The van der Waals surface area contributed by atoms with Crippen molar-refractivity contribution in [2.45, 2.75) is 32.1 Å². The first-order chi connectivity index (χ1) is 22.6. The fourth-order valence-electron chi connectivity index (χ4n) is 5.73. The Bertz CT molecular complexity index is 2030. The smallest absolute Gasteiger partial charge is 0.234 e. The maximum Gasteiger partial charge on any atom is 0.234 e. The molecule has 46 heavy (non-hydrogen) atoms. The van der Waals surface area contributed by atoms with Gasteiger partial charge in [-0.15, -0.1) is 0 Å². The zero-order valence-corrected chi connectivity index (χ0v) is 24.9. The lowest BCUT2D eigenvalue weighted by atomic mass is 10.0. The standard InChI is InChI=1S/C34H30FN11/c35-18-23-5-8-27(40-20-23)28-9-10-29-34(42-28)46(33(43-29)26-2-1-14-39-32(26)37)25-6-3-22(4-7-25)21-45-16-12-24(13-17-45)41-30-11-15-38-31(19-36)44-30/h1-11,14-15,20,24H,12-13,16-18,21H2,(H2,37,39)(H,38,41,44). The number of nitriles is 1. The lowest BCUT2D eigenvalue weighted by Crippen LogP contribution is -2.38. The third-order valence-electron chi connectivity index (χ3n) is 8.12. The van der Waals surface area contributed by atoms with Crippen molar-refractivity contribution >= 4 is 22.8 Å². The van der Waals surface area contributed by atoms with Crippen molar-refractivity contribution in [3.8, 4) is 34.5 Å². The van der Waals surface area contributed by atoms with E-state index in [4.69, 9.17) is 21.0 Å². The highest BCUT2D eigenvalue weighted by atomic mass is 19.1. The normalized spacial score (nSPS) is 13.9. The number of hydrogen-bond donors (Lipinski definition) is 2. The van der Waals surface area contributed by atoms with Crippen molar-refractivity contribution < 1.29 is 4.39 Å². The van der Waals surface area contributed by atoms with E-state index in [2.05, 4.69) is 54.4 Å². The minimum Gasteiger partial charge on any atom is -0.383 e. The molecule has 7 rings (SSSR count). The summed E-state index contributed by atoms with van der Waals surface area (Å²) in [5.74, 6) is 1.87. The van der Waals surface area contributed by atoms with Gasteiger partial charge in [0, 0.05) is 55.5 Å². The predicted octanol–water partition coefficient (Wildman–Crippen LogP) is 5.33. The molecule has 0 unspecified atom stereocenters. The Hall–Kier alpha value is -5.80. The van der Waals surface area contributed by atoms with E-state index in [0.717, 1.165) is 38.2 Å². The highest BCUT2D eigenvalue weighted by Gasteiger charge is 2.21. The zero-order valence-electron chi connectivity index (χ0n) is 24.9. The van der Waals surface area contributed by atoms with E-state index in [1.165, 1.54) is 11.8 Å². The summed E-state index contributed by atoms with van der Waals surface area (Å²) in [5.41, 5.74) is 12.3. The summed E-state index contributed by atoms with van der Waals surface area (Å²) in [6.45, 7) is 2.15. The number of imidazole rings is 1. The number of likely N-dealkylation sites (tertiary alicyclic amines) is 1. The van der Waals surface area contributed by atoms with Crippen LogP contribution in [0, 0.1) is 11.3 Å². The van der Waals surface area contributed by atoms with Gasteiger partial charge >= 0.3 is 0 Å². The molecule has 1 fully saturated rings. The molecule has 6 aromatic rings. The molecule has 0 saturated carbocycles. The first kappa shape index (κ1) is 28.9. The van der Waals surface area contributed by atoms with Crippen LogP contribution >= 0.6 is 0 Å². The van der Waals surface area contributed by atoms with Crippen LogP contribution in [0.1, 0.15) is 29.8 Å². The molecule has 1 aliphatic rings. The fraction of sp³-hybridized carbons (Fsp3) is 0.206. The summed E-state index contributed by atoms with van der Waals surface area (Å²) in [5, 5.41) is 12.5. The number of nitrogens with two attached hydrogens (primary N) is 1. The first-order valence-corrected chi connectivity index (χ1v) is 15.0. The Morgan fingerprint density at radius 2 is 1.67 bits per heavy atom. The van der Waals surface area contributed by atoms with Gasteiger partial charge in [-0.3, -0.25) is 14.5 Å².